The molecule has 2 aromatic rings. The molecular formula is C18H26N2O. The predicted octanol–water partition coefficient (Wildman–Crippen LogP) is 3.39. The van der Waals surface area contributed by atoms with E-state index in [9.17, 15) is 5.11 Å². The summed E-state index contributed by atoms with van der Waals surface area (Å²) in [5.41, 5.74) is 2.71. The first-order valence-corrected chi connectivity index (χ1v) is 7.92. The van der Waals surface area contributed by atoms with Crippen LogP contribution in [0.4, 0.5) is 0 Å². The summed E-state index contributed by atoms with van der Waals surface area (Å²) in [6, 6.07) is 12.3. The minimum atomic E-state index is -0.709. The van der Waals surface area contributed by atoms with Gasteiger partial charge < -0.3 is 5.11 Å². The number of hydrogen-bond acceptors (Lipinski definition) is 2. The third-order valence-corrected chi connectivity index (χ3v) is 4.12. The molecule has 0 aliphatic carbocycles. The van der Waals surface area contributed by atoms with Gasteiger partial charge in [0.2, 0.25) is 0 Å². The highest BCUT2D eigenvalue weighted by atomic mass is 16.3. The molecule has 1 N–H and O–H groups in total. The van der Waals surface area contributed by atoms with E-state index in [4.69, 9.17) is 0 Å². The van der Waals surface area contributed by atoms with Crippen LogP contribution in [0.25, 0.3) is 0 Å². The van der Waals surface area contributed by atoms with Gasteiger partial charge >= 0.3 is 0 Å². The van der Waals surface area contributed by atoms with Gasteiger partial charge in [-0.05, 0) is 31.4 Å². The van der Waals surface area contributed by atoms with Gasteiger partial charge in [-0.25, -0.2) is 0 Å². The van der Waals surface area contributed by atoms with Gasteiger partial charge in [0, 0.05) is 25.1 Å². The maximum atomic E-state index is 11.0. The van der Waals surface area contributed by atoms with Crippen molar-refractivity contribution >= 4 is 0 Å². The fourth-order valence-corrected chi connectivity index (χ4v) is 2.73. The molecule has 0 fully saturated rings. The smallest absolute Gasteiger partial charge is 0.0740 e. The molecule has 0 saturated heterocycles. The predicted molar refractivity (Wildman–Crippen MR) is 86.4 cm³/mol. The van der Waals surface area contributed by atoms with Crippen molar-refractivity contribution in [2.75, 3.05) is 0 Å². The van der Waals surface area contributed by atoms with Crippen LogP contribution < -0.4 is 0 Å². The highest BCUT2D eigenvalue weighted by molar-refractivity contribution is 5.19. The number of rotatable bonds is 7. The zero-order valence-electron chi connectivity index (χ0n) is 13.3. The maximum Gasteiger partial charge on any atom is 0.0740 e. The van der Waals surface area contributed by atoms with Crippen LogP contribution >= 0.6 is 0 Å². The van der Waals surface area contributed by atoms with Crippen LogP contribution in [0.15, 0.2) is 36.4 Å². The van der Waals surface area contributed by atoms with Crippen LogP contribution in [-0.4, -0.2) is 20.5 Å². The summed E-state index contributed by atoms with van der Waals surface area (Å²) < 4.78 is 2.02. The van der Waals surface area contributed by atoms with Crippen molar-refractivity contribution in [3.63, 3.8) is 0 Å². The Morgan fingerprint density at radius 2 is 1.81 bits per heavy atom. The van der Waals surface area contributed by atoms with Gasteiger partial charge in [0.05, 0.1) is 11.3 Å². The maximum absolute atomic E-state index is 11.0. The standard InChI is InChI=1S/C18H26N2O/c1-4-16-12-17(20(6-3)19-16)14-18(21,5-2)13-15-10-8-7-9-11-15/h7-12,21H,4-6,13-14H2,1-3H3. The third kappa shape index (κ3) is 3.94. The molecule has 1 unspecified atom stereocenters. The summed E-state index contributed by atoms with van der Waals surface area (Å²) >= 11 is 0. The van der Waals surface area contributed by atoms with E-state index in [0.29, 0.717) is 12.8 Å². The molecule has 3 nitrogen and oxygen atoms in total. The zero-order chi connectivity index (χ0) is 15.3. The summed E-state index contributed by atoms with van der Waals surface area (Å²) in [4.78, 5) is 0. The number of aliphatic hydroxyl groups is 1. The molecule has 2 rings (SSSR count). The second kappa shape index (κ2) is 6.90. The van der Waals surface area contributed by atoms with Crippen molar-refractivity contribution in [1.82, 2.24) is 9.78 Å². The lowest BCUT2D eigenvalue weighted by molar-refractivity contribution is 0.0349. The lowest BCUT2D eigenvalue weighted by Gasteiger charge is -2.27. The summed E-state index contributed by atoms with van der Waals surface area (Å²) in [5.74, 6) is 0. The monoisotopic (exact) mass is 286 g/mol. The van der Waals surface area contributed by atoms with E-state index in [1.165, 1.54) is 5.56 Å². The fourth-order valence-electron chi connectivity index (χ4n) is 2.73. The molecule has 0 aliphatic heterocycles. The van der Waals surface area contributed by atoms with E-state index >= 15 is 0 Å². The Bertz CT molecular complexity index is 562. The van der Waals surface area contributed by atoms with Crippen molar-refractivity contribution in [2.45, 2.75) is 58.6 Å². The van der Waals surface area contributed by atoms with E-state index < -0.39 is 5.60 Å². The van der Waals surface area contributed by atoms with Gasteiger partial charge in [-0.2, -0.15) is 5.10 Å². The van der Waals surface area contributed by atoms with Gasteiger partial charge in [0.1, 0.15) is 0 Å². The summed E-state index contributed by atoms with van der Waals surface area (Å²) in [6.07, 6.45) is 3.00. The SMILES string of the molecule is CCc1cc(CC(O)(CC)Cc2ccccc2)n(CC)n1. The van der Waals surface area contributed by atoms with Crippen molar-refractivity contribution < 1.29 is 5.11 Å². The number of aromatic nitrogens is 2. The highest BCUT2D eigenvalue weighted by Crippen LogP contribution is 2.23. The Labute approximate surface area is 127 Å². The molecule has 0 spiro atoms. The lowest BCUT2D eigenvalue weighted by Crippen LogP contribution is -2.34. The van der Waals surface area contributed by atoms with Crippen molar-refractivity contribution in [2.24, 2.45) is 0 Å². The van der Waals surface area contributed by atoms with Crippen LogP contribution in [0.1, 0.15) is 44.1 Å². The van der Waals surface area contributed by atoms with E-state index in [1.807, 2.05) is 22.9 Å². The number of nitrogens with zero attached hydrogens (tertiary/aromatic N) is 2. The minimum Gasteiger partial charge on any atom is -0.389 e. The lowest BCUT2D eigenvalue weighted by atomic mass is 9.87. The second-order valence-electron chi connectivity index (χ2n) is 5.71. The van der Waals surface area contributed by atoms with Crippen LogP contribution in [0, 0.1) is 0 Å². The quantitative estimate of drug-likeness (QED) is 0.847. The zero-order valence-corrected chi connectivity index (χ0v) is 13.3. The molecular weight excluding hydrogens is 260 g/mol. The van der Waals surface area contributed by atoms with Crippen molar-refractivity contribution in [3.8, 4) is 0 Å². The van der Waals surface area contributed by atoms with Crippen molar-refractivity contribution in [3.05, 3.63) is 53.3 Å². The van der Waals surface area contributed by atoms with Crippen LogP contribution in [-0.2, 0) is 25.8 Å². The Hall–Kier alpha value is -1.61. The Kier molecular flexibility index (Phi) is 5.18. The normalized spacial score (nSPS) is 14.1. The molecule has 114 valence electrons. The van der Waals surface area contributed by atoms with Gasteiger partial charge in [0.25, 0.3) is 0 Å². The first kappa shape index (κ1) is 15.8. The summed E-state index contributed by atoms with van der Waals surface area (Å²) in [5, 5.41) is 15.6. The molecule has 0 aliphatic rings. The average Bonchev–Trinajstić information content (AvgIpc) is 2.90. The average molecular weight is 286 g/mol. The Balaban J connectivity index is 2.19. The number of aryl methyl sites for hydroxylation is 2. The highest BCUT2D eigenvalue weighted by Gasteiger charge is 2.27. The van der Waals surface area contributed by atoms with Gasteiger partial charge in [-0.3, -0.25) is 4.68 Å². The first-order chi connectivity index (χ1) is 10.1. The molecule has 1 heterocycles. The van der Waals surface area contributed by atoms with E-state index in [0.717, 1.165) is 30.8 Å². The fraction of sp³-hybridized carbons (Fsp3) is 0.500. The van der Waals surface area contributed by atoms with E-state index in [2.05, 4.69) is 44.1 Å². The van der Waals surface area contributed by atoms with E-state index in [1.54, 1.807) is 0 Å². The third-order valence-electron chi connectivity index (χ3n) is 4.12. The van der Waals surface area contributed by atoms with E-state index in [-0.39, 0.29) is 0 Å². The summed E-state index contributed by atoms with van der Waals surface area (Å²) in [7, 11) is 0. The number of hydrogen-bond donors (Lipinski definition) is 1. The van der Waals surface area contributed by atoms with Gasteiger partial charge in [0.15, 0.2) is 0 Å². The minimum absolute atomic E-state index is 0.652. The van der Waals surface area contributed by atoms with Crippen LogP contribution in [0.2, 0.25) is 0 Å². The Morgan fingerprint density at radius 3 is 2.38 bits per heavy atom. The molecule has 0 radical (unpaired) electrons. The summed E-state index contributed by atoms with van der Waals surface area (Å²) in [6.45, 7) is 7.11. The molecule has 1 atom stereocenters. The Morgan fingerprint density at radius 1 is 1.10 bits per heavy atom. The van der Waals surface area contributed by atoms with Gasteiger partial charge in [-0.15, -0.1) is 0 Å². The van der Waals surface area contributed by atoms with Crippen LogP contribution in [0.3, 0.4) is 0 Å². The molecule has 3 heteroatoms. The second-order valence-corrected chi connectivity index (χ2v) is 5.71. The molecule has 0 bridgehead atoms. The molecule has 1 aromatic heterocycles. The molecule has 0 saturated carbocycles. The van der Waals surface area contributed by atoms with Gasteiger partial charge in [-0.1, -0.05) is 44.2 Å². The molecule has 21 heavy (non-hydrogen) atoms. The largest absolute Gasteiger partial charge is 0.389 e. The molecule has 1 aromatic carbocycles. The van der Waals surface area contributed by atoms with Crippen LogP contribution in [0.5, 0.6) is 0 Å². The topological polar surface area (TPSA) is 38.0 Å². The van der Waals surface area contributed by atoms with Crippen molar-refractivity contribution in [1.29, 1.82) is 0 Å². The number of benzene rings is 1. The molecule has 0 amide bonds. The first-order valence-electron chi connectivity index (χ1n) is 7.92.